The van der Waals surface area contributed by atoms with Crippen molar-refractivity contribution in [3.8, 4) is 11.1 Å². The highest BCUT2D eigenvalue weighted by Gasteiger charge is 2.63. The van der Waals surface area contributed by atoms with Gasteiger partial charge in [-0.15, -0.1) is 0 Å². The van der Waals surface area contributed by atoms with E-state index >= 15 is 0 Å². The molecule has 1 aromatic heterocycles. The summed E-state index contributed by atoms with van der Waals surface area (Å²) in [5, 5.41) is 0. The lowest BCUT2D eigenvalue weighted by Crippen LogP contribution is -2.51. The minimum atomic E-state index is -4.45. The number of hydrogen-bond donors (Lipinski definition) is 1. The first-order valence-electron chi connectivity index (χ1n) is 11.3. The molecule has 8 heteroatoms. The van der Waals surface area contributed by atoms with Crippen LogP contribution in [0.3, 0.4) is 0 Å². The molecular weight excluding hydrogens is 431 g/mol. The van der Waals surface area contributed by atoms with E-state index in [0.717, 1.165) is 42.7 Å². The van der Waals surface area contributed by atoms with Gasteiger partial charge in [0.05, 0.1) is 11.7 Å². The summed E-state index contributed by atoms with van der Waals surface area (Å²) in [5.74, 6) is 0.656. The van der Waals surface area contributed by atoms with E-state index in [2.05, 4.69) is 18.8 Å². The van der Waals surface area contributed by atoms with Crippen LogP contribution in [0, 0.1) is 17.3 Å². The normalized spacial score (nSPS) is 33.3. The van der Waals surface area contributed by atoms with Crippen molar-refractivity contribution in [1.82, 2.24) is 4.98 Å². The summed E-state index contributed by atoms with van der Waals surface area (Å²) < 4.78 is 51.3. The van der Waals surface area contributed by atoms with E-state index in [0.29, 0.717) is 29.6 Å². The third kappa shape index (κ3) is 3.33. The van der Waals surface area contributed by atoms with Gasteiger partial charge in [0.2, 0.25) is 0 Å². The van der Waals surface area contributed by atoms with Crippen LogP contribution in [0.15, 0.2) is 41.7 Å². The number of rotatable bonds is 2. The maximum Gasteiger partial charge on any atom is 0.417 e. The fourth-order valence-corrected chi connectivity index (χ4v) is 6.74. The zero-order valence-corrected chi connectivity index (χ0v) is 18.9. The summed E-state index contributed by atoms with van der Waals surface area (Å²) in [7, 11) is 1.76. The van der Waals surface area contributed by atoms with Gasteiger partial charge in [0, 0.05) is 30.5 Å². The standard InChI is InChI=1S/C25H28F3N3O2/c1-14-8-23(9-15(2)21(14)32-3)10-17-5-4-16(7-20(17)24(23)13-33-22(29)31-24)18-6-19(12-30-11-18)25(26,27)28/h4-7,11-12,14-15,21H,8-10,13H2,1-3H3,(H2,29,31)/t14-,15+,21+,23+,24-/m0/s1. The lowest BCUT2D eigenvalue weighted by molar-refractivity contribution is -0.137. The second-order valence-corrected chi connectivity index (χ2v) is 9.95. The average Bonchev–Trinajstić information content (AvgIpc) is 3.26. The Morgan fingerprint density at radius 3 is 2.42 bits per heavy atom. The Morgan fingerprint density at radius 1 is 1.09 bits per heavy atom. The number of alkyl halides is 3. The number of aliphatic imine (C=N–C) groups is 1. The monoisotopic (exact) mass is 459 g/mol. The van der Waals surface area contributed by atoms with Crippen LogP contribution in [0.4, 0.5) is 13.2 Å². The molecule has 1 fully saturated rings. The Kier molecular flexibility index (Phi) is 5.01. The summed E-state index contributed by atoms with van der Waals surface area (Å²) in [6.07, 6.45) is 0.678. The molecular formula is C25H28F3N3O2. The largest absolute Gasteiger partial charge is 0.462 e. The highest BCUT2D eigenvalue weighted by Crippen LogP contribution is 2.63. The molecule has 5 atom stereocenters. The van der Waals surface area contributed by atoms with Crippen molar-refractivity contribution in [3.05, 3.63) is 53.3 Å². The number of fused-ring (bicyclic) bond motifs is 3. The highest BCUT2D eigenvalue weighted by molar-refractivity contribution is 5.76. The van der Waals surface area contributed by atoms with Crippen molar-refractivity contribution in [3.63, 3.8) is 0 Å². The molecule has 1 saturated carbocycles. The summed E-state index contributed by atoms with van der Waals surface area (Å²) >= 11 is 0. The van der Waals surface area contributed by atoms with Crippen LogP contribution in [0.5, 0.6) is 0 Å². The van der Waals surface area contributed by atoms with Gasteiger partial charge in [-0.1, -0.05) is 26.0 Å². The first-order valence-corrected chi connectivity index (χ1v) is 11.3. The third-order valence-electron chi connectivity index (χ3n) is 7.91. The summed E-state index contributed by atoms with van der Waals surface area (Å²) in [6, 6.07) is 7.16. The van der Waals surface area contributed by atoms with E-state index < -0.39 is 17.3 Å². The minimum Gasteiger partial charge on any atom is -0.462 e. The maximum atomic E-state index is 13.3. The van der Waals surface area contributed by atoms with E-state index in [1.54, 1.807) is 7.11 Å². The molecule has 1 aliphatic heterocycles. The van der Waals surface area contributed by atoms with Crippen molar-refractivity contribution < 1.29 is 22.6 Å². The fraction of sp³-hybridized carbons (Fsp3) is 0.520. The third-order valence-corrected chi connectivity index (χ3v) is 7.91. The highest BCUT2D eigenvalue weighted by atomic mass is 19.4. The van der Waals surface area contributed by atoms with Crippen LogP contribution in [0.1, 0.15) is 43.4 Å². The Morgan fingerprint density at radius 2 is 1.82 bits per heavy atom. The summed E-state index contributed by atoms with van der Waals surface area (Å²) in [6.45, 7) is 4.77. The van der Waals surface area contributed by atoms with Crippen LogP contribution in [0.2, 0.25) is 0 Å². The average molecular weight is 460 g/mol. The van der Waals surface area contributed by atoms with Crippen molar-refractivity contribution in [2.24, 2.45) is 28.0 Å². The predicted molar refractivity (Wildman–Crippen MR) is 118 cm³/mol. The maximum absolute atomic E-state index is 13.3. The molecule has 33 heavy (non-hydrogen) atoms. The number of aromatic nitrogens is 1. The molecule has 5 rings (SSSR count). The van der Waals surface area contributed by atoms with Gasteiger partial charge in [0.1, 0.15) is 12.1 Å². The van der Waals surface area contributed by atoms with Crippen LogP contribution < -0.4 is 5.73 Å². The zero-order valence-electron chi connectivity index (χ0n) is 18.9. The first kappa shape index (κ1) is 22.2. The van der Waals surface area contributed by atoms with Crippen molar-refractivity contribution in [1.29, 1.82) is 0 Å². The van der Waals surface area contributed by atoms with Gasteiger partial charge in [-0.25, -0.2) is 4.99 Å². The number of amidine groups is 1. The second-order valence-electron chi connectivity index (χ2n) is 9.95. The molecule has 176 valence electrons. The van der Waals surface area contributed by atoms with E-state index in [1.807, 2.05) is 18.2 Å². The van der Waals surface area contributed by atoms with Crippen molar-refractivity contribution in [2.75, 3.05) is 13.7 Å². The van der Waals surface area contributed by atoms with Crippen molar-refractivity contribution in [2.45, 2.75) is 50.9 Å². The summed E-state index contributed by atoms with van der Waals surface area (Å²) in [4.78, 5) is 8.72. The number of nitrogens with zero attached hydrogens (tertiary/aromatic N) is 2. The van der Waals surface area contributed by atoms with Crippen molar-refractivity contribution >= 4 is 6.02 Å². The second kappa shape index (κ2) is 7.45. The summed E-state index contributed by atoms with van der Waals surface area (Å²) in [5.41, 5.74) is 7.68. The number of benzene rings is 1. The number of hydrogen-bond acceptors (Lipinski definition) is 5. The molecule has 0 bridgehead atoms. The number of ether oxygens (including phenoxy) is 2. The van der Waals surface area contributed by atoms with Gasteiger partial charge in [0.25, 0.3) is 6.02 Å². The molecule has 5 nitrogen and oxygen atoms in total. The number of nitrogens with two attached hydrogens (primary N) is 1. The molecule has 3 aliphatic rings. The fourth-order valence-electron chi connectivity index (χ4n) is 6.74. The van der Waals surface area contributed by atoms with Crippen LogP contribution >= 0.6 is 0 Å². The lowest BCUT2D eigenvalue weighted by atomic mass is 9.57. The Hall–Kier alpha value is -2.61. The molecule has 1 aromatic carbocycles. The molecule has 2 N–H and O–H groups in total. The molecule has 0 amide bonds. The Bertz CT molecular complexity index is 1100. The Balaban J connectivity index is 1.61. The van der Waals surface area contributed by atoms with Gasteiger partial charge < -0.3 is 15.2 Å². The van der Waals surface area contributed by atoms with E-state index in [4.69, 9.17) is 20.2 Å². The molecule has 2 aromatic rings. The van der Waals surface area contributed by atoms with Crippen LogP contribution in [0.25, 0.3) is 11.1 Å². The van der Waals surface area contributed by atoms with Gasteiger partial charge >= 0.3 is 6.18 Å². The lowest BCUT2D eigenvalue weighted by Gasteiger charge is -2.50. The Labute approximate surface area is 191 Å². The van der Waals surface area contributed by atoms with Gasteiger partial charge in [-0.2, -0.15) is 13.2 Å². The molecule has 0 unspecified atom stereocenters. The molecule has 2 heterocycles. The quantitative estimate of drug-likeness (QED) is 0.691. The van der Waals surface area contributed by atoms with Crippen LogP contribution in [-0.4, -0.2) is 30.8 Å². The topological polar surface area (TPSA) is 69.7 Å². The van der Waals surface area contributed by atoms with E-state index in [1.165, 1.54) is 6.20 Å². The van der Waals surface area contributed by atoms with Gasteiger partial charge in [-0.05, 0) is 59.9 Å². The molecule has 0 saturated heterocycles. The zero-order chi connectivity index (χ0) is 23.6. The van der Waals surface area contributed by atoms with E-state index in [9.17, 15) is 13.2 Å². The van der Waals surface area contributed by atoms with E-state index in [-0.39, 0.29) is 17.5 Å². The smallest absolute Gasteiger partial charge is 0.417 e. The molecule has 0 radical (unpaired) electrons. The number of halogens is 3. The molecule has 2 spiro atoms. The first-order chi connectivity index (χ1) is 15.6. The van der Waals surface area contributed by atoms with Crippen LogP contribution in [-0.2, 0) is 27.6 Å². The molecule has 2 aliphatic carbocycles. The SMILES string of the molecule is CO[C@H]1[C@H](C)C[C@@]2(Cc3ccc(-c4cncc(C(F)(F)F)c4)cc3[C@@]23COC(N)=N3)C[C@@H]1C. The number of methoxy groups -OCH3 is 1. The number of pyridine rings is 1. The minimum absolute atomic E-state index is 0.169. The predicted octanol–water partition coefficient (Wildman–Crippen LogP) is 4.93. The van der Waals surface area contributed by atoms with Gasteiger partial charge in [0.15, 0.2) is 0 Å². The van der Waals surface area contributed by atoms with Gasteiger partial charge in [-0.3, -0.25) is 4.98 Å².